The maximum absolute atomic E-state index is 11.8. The van der Waals surface area contributed by atoms with Gasteiger partial charge in [-0.15, -0.1) is 11.3 Å². The van der Waals surface area contributed by atoms with Crippen LogP contribution >= 0.6 is 11.3 Å². The van der Waals surface area contributed by atoms with Crippen molar-refractivity contribution in [3.8, 4) is 0 Å². The van der Waals surface area contributed by atoms with Crippen molar-refractivity contribution in [2.24, 2.45) is 5.92 Å². The Kier molecular flexibility index (Phi) is 4.79. The van der Waals surface area contributed by atoms with Crippen molar-refractivity contribution in [3.05, 3.63) is 21.1 Å². The third kappa shape index (κ3) is 3.33. The van der Waals surface area contributed by atoms with Crippen LogP contribution in [0.4, 0.5) is 10.7 Å². The highest BCUT2D eigenvalue weighted by Gasteiger charge is 2.31. The average Bonchev–Trinajstić information content (AvgIpc) is 2.92. The van der Waals surface area contributed by atoms with Gasteiger partial charge < -0.3 is 15.3 Å². The van der Waals surface area contributed by atoms with Crippen molar-refractivity contribution < 1.29 is 14.8 Å². The molecule has 2 heterocycles. The topological polar surface area (TPSA) is 95.7 Å². The maximum Gasteiger partial charge on any atom is 0.304 e. The first-order valence-corrected chi connectivity index (χ1v) is 7.68. The largest absolute Gasteiger partial charge is 0.388 e. The fraction of sp³-hybridized carbons (Fsp3) is 0.615. The summed E-state index contributed by atoms with van der Waals surface area (Å²) in [6.45, 7) is 2.75. The van der Waals surface area contributed by atoms with Crippen LogP contribution in [0.5, 0.6) is 0 Å². The molecule has 0 bridgehead atoms. The van der Waals surface area contributed by atoms with Crippen LogP contribution in [-0.4, -0.2) is 36.1 Å². The van der Waals surface area contributed by atoms with E-state index in [9.17, 15) is 20.0 Å². The summed E-state index contributed by atoms with van der Waals surface area (Å²) < 4.78 is 0. The third-order valence-corrected chi connectivity index (χ3v) is 5.00. The molecular formula is C13H19N3O4S. The van der Waals surface area contributed by atoms with Crippen LogP contribution in [0.3, 0.4) is 0 Å². The van der Waals surface area contributed by atoms with E-state index in [4.69, 9.17) is 0 Å². The Labute approximate surface area is 126 Å². The second kappa shape index (κ2) is 6.40. The molecule has 116 valence electrons. The number of anilines is 1. The van der Waals surface area contributed by atoms with E-state index in [1.165, 1.54) is 17.4 Å². The highest BCUT2D eigenvalue weighted by atomic mass is 32.1. The Balaban J connectivity index is 2.27. The lowest BCUT2D eigenvalue weighted by molar-refractivity contribution is -0.383. The van der Waals surface area contributed by atoms with Gasteiger partial charge in [-0.2, -0.15) is 0 Å². The number of nitrogens with one attached hydrogen (secondary N) is 1. The number of piperidine rings is 1. The van der Waals surface area contributed by atoms with E-state index < -0.39 is 11.0 Å². The third-order valence-electron chi connectivity index (χ3n) is 3.65. The Hall–Kier alpha value is -1.67. The summed E-state index contributed by atoms with van der Waals surface area (Å²) in [5.74, 6) is -0.185. The number of nitrogens with zero attached hydrogens (tertiary/aromatic N) is 2. The Bertz CT molecular complexity index is 544. The van der Waals surface area contributed by atoms with Crippen molar-refractivity contribution in [2.45, 2.75) is 25.9 Å². The molecule has 21 heavy (non-hydrogen) atoms. The highest BCUT2D eigenvalue weighted by Crippen LogP contribution is 2.41. The summed E-state index contributed by atoms with van der Waals surface area (Å²) in [5.41, 5.74) is 0.00783. The molecule has 0 saturated carbocycles. The lowest BCUT2D eigenvalue weighted by Gasteiger charge is -2.31. The number of carbonyl (C=O) groups excluding carboxylic acids is 1. The van der Waals surface area contributed by atoms with Gasteiger partial charge in [0.05, 0.1) is 16.9 Å². The molecule has 0 aromatic carbocycles. The van der Waals surface area contributed by atoms with Gasteiger partial charge in [-0.25, -0.2) is 0 Å². The lowest BCUT2D eigenvalue weighted by Crippen LogP contribution is -2.42. The smallest absolute Gasteiger partial charge is 0.304 e. The molecule has 1 amide bonds. The van der Waals surface area contributed by atoms with Gasteiger partial charge in [-0.05, 0) is 19.8 Å². The number of thiophene rings is 1. The summed E-state index contributed by atoms with van der Waals surface area (Å²) in [5, 5.41) is 24.0. The lowest BCUT2D eigenvalue weighted by atomic mass is 9.97. The molecule has 7 nitrogen and oxygen atoms in total. The number of rotatable bonds is 4. The molecule has 2 N–H and O–H groups in total. The van der Waals surface area contributed by atoms with Gasteiger partial charge in [0.1, 0.15) is 0 Å². The van der Waals surface area contributed by atoms with E-state index in [1.807, 2.05) is 4.90 Å². The van der Waals surface area contributed by atoms with E-state index in [-0.39, 0.29) is 17.5 Å². The number of hydrogen-bond acceptors (Lipinski definition) is 6. The van der Waals surface area contributed by atoms with Crippen LogP contribution in [0.1, 0.15) is 30.7 Å². The van der Waals surface area contributed by atoms with Gasteiger partial charge >= 0.3 is 5.69 Å². The zero-order valence-electron chi connectivity index (χ0n) is 12.0. The fourth-order valence-corrected chi connectivity index (χ4v) is 3.63. The number of aliphatic hydroxyl groups excluding tert-OH is 1. The second-order valence-electron chi connectivity index (χ2n) is 5.17. The van der Waals surface area contributed by atoms with E-state index in [0.29, 0.717) is 23.0 Å². The van der Waals surface area contributed by atoms with Gasteiger partial charge in [0.25, 0.3) is 0 Å². The number of hydrogen-bond donors (Lipinski definition) is 2. The van der Waals surface area contributed by atoms with Gasteiger partial charge in [0, 0.05) is 31.1 Å². The molecule has 8 heteroatoms. The summed E-state index contributed by atoms with van der Waals surface area (Å²) in [4.78, 5) is 25.0. The normalized spacial score (nSPS) is 20.1. The van der Waals surface area contributed by atoms with E-state index >= 15 is 0 Å². The second-order valence-corrected chi connectivity index (χ2v) is 6.23. The first-order valence-electron chi connectivity index (χ1n) is 6.86. The summed E-state index contributed by atoms with van der Waals surface area (Å²) in [6.07, 6.45) is 0.873. The van der Waals surface area contributed by atoms with Gasteiger partial charge in [-0.1, -0.05) is 0 Å². The minimum Gasteiger partial charge on any atom is -0.388 e. The summed E-state index contributed by atoms with van der Waals surface area (Å²) in [6, 6.07) is 1.42. The predicted molar refractivity (Wildman–Crippen MR) is 80.6 cm³/mol. The van der Waals surface area contributed by atoms with Gasteiger partial charge in [-0.3, -0.25) is 14.9 Å². The fourth-order valence-electron chi connectivity index (χ4n) is 2.53. The summed E-state index contributed by atoms with van der Waals surface area (Å²) in [7, 11) is 1.60. The van der Waals surface area contributed by atoms with Crippen molar-refractivity contribution in [3.63, 3.8) is 0 Å². The standard InChI is InChI=1S/C13H19N3O4S/c1-8(17)11-6-10(16(19)20)13(21-11)15-5-3-4-9(7-15)12(18)14-2/h6,8-9,17H,3-5,7H2,1-2H3,(H,14,18)/t8-,9?/m1/s1. The van der Waals surface area contributed by atoms with Crippen molar-refractivity contribution in [2.75, 3.05) is 25.0 Å². The van der Waals surface area contributed by atoms with Gasteiger partial charge in [0.2, 0.25) is 5.91 Å². The van der Waals surface area contributed by atoms with Crippen molar-refractivity contribution >= 4 is 27.9 Å². The average molecular weight is 313 g/mol. The molecule has 1 unspecified atom stereocenters. The maximum atomic E-state index is 11.8. The van der Waals surface area contributed by atoms with Crippen LogP contribution < -0.4 is 10.2 Å². The van der Waals surface area contributed by atoms with Gasteiger partial charge in [0.15, 0.2) is 5.00 Å². The molecule has 1 aliphatic heterocycles. The zero-order chi connectivity index (χ0) is 15.6. The molecule has 1 aromatic rings. The zero-order valence-corrected chi connectivity index (χ0v) is 12.9. The minimum absolute atomic E-state index is 0.00783. The van der Waals surface area contributed by atoms with Crippen LogP contribution in [0.15, 0.2) is 6.07 Å². The Morgan fingerprint density at radius 3 is 2.95 bits per heavy atom. The molecule has 1 aromatic heterocycles. The molecule has 0 radical (unpaired) electrons. The molecule has 2 atom stereocenters. The quantitative estimate of drug-likeness (QED) is 0.651. The SMILES string of the molecule is CNC(=O)C1CCCN(c2sc([C@@H](C)O)cc2[N+](=O)[O-])C1. The first kappa shape index (κ1) is 15.7. The van der Waals surface area contributed by atoms with Crippen molar-refractivity contribution in [1.82, 2.24) is 5.32 Å². The predicted octanol–water partition coefficient (Wildman–Crippen LogP) is 1.67. The van der Waals surface area contributed by atoms with Crippen LogP contribution in [-0.2, 0) is 4.79 Å². The highest BCUT2D eigenvalue weighted by molar-refractivity contribution is 7.16. The monoisotopic (exact) mass is 313 g/mol. The van der Waals surface area contributed by atoms with E-state index in [2.05, 4.69) is 5.32 Å². The molecule has 0 aliphatic carbocycles. The van der Waals surface area contributed by atoms with Crippen LogP contribution in [0, 0.1) is 16.0 Å². The van der Waals surface area contributed by atoms with Crippen LogP contribution in [0.25, 0.3) is 0 Å². The number of amides is 1. The molecule has 2 rings (SSSR count). The van der Waals surface area contributed by atoms with E-state index in [0.717, 1.165) is 12.8 Å². The molecular weight excluding hydrogens is 294 g/mol. The molecule has 1 saturated heterocycles. The Morgan fingerprint density at radius 2 is 2.38 bits per heavy atom. The molecule has 0 spiro atoms. The number of carbonyl (C=O) groups is 1. The van der Waals surface area contributed by atoms with Crippen LogP contribution in [0.2, 0.25) is 0 Å². The van der Waals surface area contributed by atoms with Crippen molar-refractivity contribution in [1.29, 1.82) is 0 Å². The molecule has 1 aliphatic rings. The summed E-state index contributed by atoms with van der Waals surface area (Å²) >= 11 is 1.23. The molecule has 1 fully saturated rings. The first-order chi connectivity index (χ1) is 9.93. The number of aliphatic hydroxyl groups is 1. The Morgan fingerprint density at radius 1 is 1.67 bits per heavy atom. The number of nitro groups is 1. The minimum atomic E-state index is -0.734. The van der Waals surface area contributed by atoms with E-state index in [1.54, 1.807) is 14.0 Å².